The highest BCUT2D eigenvalue weighted by Gasteiger charge is 2.08. The van der Waals surface area contributed by atoms with Crippen LogP contribution in [0.5, 0.6) is 0 Å². The maximum absolute atomic E-state index is 11.2. The highest BCUT2D eigenvalue weighted by molar-refractivity contribution is 5.71. The Morgan fingerprint density at radius 2 is 2.13 bits per heavy atom. The van der Waals surface area contributed by atoms with Crippen molar-refractivity contribution in [2.24, 2.45) is 0 Å². The molecule has 0 saturated carbocycles. The number of hydrogen-bond donors (Lipinski definition) is 2. The summed E-state index contributed by atoms with van der Waals surface area (Å²) >= 11 is 0. The first-order valence-corrected chi connectivity index (χ1v) is 5.63. The fourth-order valence-corrected chi connectivity index (χ4v) is 1.23. The molecule has 0 spiro atoms. The third kappa shape index (κ3) is 9.69. The number of aliphatic hydroxyl groups is 1. The van der Waals surface area contributed by atoms with E-state index in [0.717, 1.165) is 12.8 Å². The fourth-order valence-electron chi connectivity index (χ4n) is 1.23. The second-order valence-electron chi connectivity index (χ2n) is 3.94. The molecule has 0 saturated heterocycles. The molecule has 0 aliphatic heterocycles. The predicted molar refractivity (Wildman–Crippen MR) is 59.6 cm³/mol. The van der Waals surface area contributed by atoms with Crippen molar-refractivity contribution < 1.29 is 14.6 Å². The molecular formula is C11H23NO3. The normalized spacial score (nSPS) is 14.7. The zero-order chi connectivity index (χ0) is 11.7. The maximum atomic E-state index is 11.2. The van der Waals surface area contributed by atoms with Crippen molar-refractivity contribution in [3.05, 3.63) is 0 Å². The fraction of sp³-hybridized carbons (Fsp3) is 0.909. The van der Waals surface area contributed by atoms with E-state index in [4.69, 9.17) is 9.84 Å². The van der Waals surface area contributed by atoms with Crippen LogP contribution in [0.15, 0.2) is 0 Å². The number of nitrogens with one attached hydrogen (secondary N) is 1. The molecule has 0 heterocycles. The third-order valence-electron chi connectivity index (χ3n) is 2.05. The average Bonchev–Trinajstić information content (AvgIpc) is 2.14. The minimum atomic E-state index is -0.344. The van der Waals surface area contributed by atoms with Gasteiger partial charge in [-0.1, -0.05) is 13.3 Å². The van der Waals surface area contributed by atoms with Crippen molar-refractivity contribution >= 4 is 5.97 Å². The van der Waals surface area contributed by atoms with Gasteiger partial charge in [0.15, 0.2) is 0 Å². The van der Waals surface area contributed by atoms with Crippen LogP contribution in [0.3, 0.4) is 0 Å². The van der Waals surface area contributed by atoms with Gasteiger partial charge in [0.2, 0.25) is 0 Å². The summed E-state index contributed by atoms with van der Waals surface area (Å²) in [6.45, 7) is 6.44. The summed E-state index contributed by atoms with van der Waals surface area (Å²) < 4.78 is 4.97. The summed E-state index contributed by atoms with van der Waals surface area (Å²) in [5, 5.41) is 12.1. The second-order valence-corrected chi connectivity index (χ2v) is 3.94. The van der Waals surface area contributed by atoms with Gasteiger partial charge in [-0.15, -0.1) is 0 Å². The smallest absolute Gasteiger partial charge is 0.319 e. The number of ether oxygens (including phenoxy) is 1. The van der Waals surface area contributed by atoms with E-state index in [9.17, 15) is 4.79 Å². The van der Waals surface area contributed by atoms with Crippen LogP contribution in [0.1, 0.15) is 40.0 Å². The summed E-state index contributed by atoms with van der Waals surface area (Å²) in [6, 6.07) is 0.128. The van der Waals surface area contributed by atoms with Crippen molar-refractivity contribution in [2.75, 3.05) is 13.2 Å². The molecule has 0 aliphatic carbocycles. The lowest BCUT2D eigenvalue weighted by atomic mass is 10.1. The molecule has 0 radical (unpaired) electrons. The monoisotopic (exact) mass is 217 g/mol. The van der Waals surface area contributed by atoms with E-state index in [-0.39, 0.29) is 24.7 Å². The Labute approximate surface area is 92.0 Å². The topological polar surface area (TPSA) is 58.6 Å². The summed E-state index contributed by atoms with van der Waals surface area (Å²) in [4.78, 5) is 11.2. The first kappa shape index (κ1) is 14.4. The number of unbranched alkanes of at least 4 members (excludes halogenated alkanes) is 1. The van der Waals surface area contributed by atoms with Crippen molar-refractivity contribution in [1.82, 2.24) is 5.32 Å². The van der Waals surface area contributed by atoms with Gasteiger partial charge in [-0.3, -0.25) is 4.79 Å². The molecule has 0 aliphatic rings. The van der Waals surface area contributed by atoms with Crippen LogP contribution in [0.25, 0.3) is 0 Å². The number of carbonyl (C=O) groups excluding carboxylic acids is 1. The maximum Gasteiger partial charge on any atom is 0.319 e. The first-order valence-electron chi connectivity index (χ1n) is 5.63. The lowest BCUT2D eigenvalue weighted by Crippen LogP contribution is -2.34. The van der Waals surface area contributed by atoms with E-state index in [1.807, 2.05) is 6.92 Å². The number of rotatable bonds is 8. The summed E-state index contributed by atoms with van der Waals surface area (Å²) in [5.74, 6) is -0.221. The number of hydrogen-bond acceptors (Lipinski definition) is 4. The van der Waals surface area contributed by atoms with Crippen molar-refractivity contribution in [3.8, 4) is 0 Å². The van der Waals surface area contributed by atoms with E-state index in [1.165, 1.54) is 0 Å². The van der Waals surface area contributed by atoms with E-state index in [2.05, 4.69) is 12.2 Å². The Balaban J connectivity index is 3.44. The molecule has 0 amide bonds. The SMILES string of the molecule is CCCCOC(=O)CNC(C)CC(C)O. The van der Waals surface area contributed by atoms with Crippen LogP contribution in [0, 0.1) is 0 Å². The Hall–Kier alpha value is -0.610. The Kier molecular flexibility index (Phi) is 8.33. The Morgan fingerprint density at radius 3 is 2.67 bits per heavy atom. The zero-order valence-corrected chi connectivity index (χ0v) is 9.95. The van der Waals surface area contributed by atoms with E-state index < -0.39 is 0 Å². The molecule has 90 valence electrons. The molecule has 4 nitrogen and oxygen atoms in total. The second kappa shape index (κ2) is 8.68. The standard InChI is InChI=1S/C11H23NO3/c1-4-5-6-15-11(14)8-12-9(2)7-10(3)13/h9-10,12-13H,4-8H2,1-3H3. The first-order chi connectivity index (χ1) is 7.06. The lowest BCUT2D eigenvalue weighted by molar-refractivity contribution is -0.142. The quantitative estimate of drug-likeness (QED) is 0.472. The summed E-state index contributed by atoms with van der Waals surface area (Å²) in [6.07, 6.45) is 2.24. The molecule has 0 aromatic rings. The summed E-state index contributed by atoms with van der Waals surface area (Å²) in [7, 11) is 0. The van der Waals surface area contributed by atoms with Gasteiger partial charge in [-0.25, -0.2) is 0 Å². The van der Waals surface area contributed by atoms with E-state index in [0.29, 0.717) is 13.0 Å². The molecule has 0 rings (SSSR count). The number of aliphatic hydroxyl groups excluding tert-OH is 1. The largest absolute Gasteiger partial charge is 0.465 e. The average molecular weight is 217 g/mol. The third-order valence-corrected chi connectivity index (χ3v) is 2.05. The molecule has 0 fully saturated rings. The van der Waals surface area contributed by atoms with Gasteiger partial charge in [-0.2, -0.15) is 0 Å². The molecule has 15 heavy (non-hydrogen) atoms. The van der Waals surface area contributed by atoms with Crippen LogP contribution in [0.4, 0.5) is 0 Å². The van der Waals surface area contributed by atoms with Gasteiger partial charge in [0.1, 0.15) is 0 Å². The van der Waals surface area contributed by atoms with Gasteiger partial charge >= 0.3 is 5.97 Å². The molecule has 0 bridgehead atoms. The van der Waals surface area contributed by atoms with Gasteiger partial charge in [0.25, 0.3) is 0 Å². The molecular weight excluding hydrogens is 194 g/mol. The van der Waals surface area contributed by atoms with Crippen molar-refractivity contribution in [2.45, 2.75) is 52.2 Å². The number of esters is 1. The van der Waals surface area contributed by atoms with Crippen LogP contribution < -0.4 is 5.32 Å². The van der Waals surface area contributed by atoms with Crippen LogP contribution >= 0.6 is 0 Å². The van der Waals surface area contributed by atoms with Crippen molar-refractivity contribution in [1.29, 1.82) is 0 Å². The minimum absolute atomic E-state index is 0.128. The van der Waals surface area contributed by atoms with Crippen LogP contribution in [0.2, 0.25) is 0 Å². The van der Waals surface area contributed by atoms with E-state index >= 15 is 0 Å². The van der Waals surface area contributed by atoms with Gasteiger partial charge in [-0.05, 0) is 26.7 Å². The molecule has 4 heteroatoms. The lowest BCUT2D eigenvalue weighted by Gasteiger charge is -2.14. The van der Waals surface area contributed by atoms with Gasteiger partial charge < -0.3 is 15.2 Å². The zero-order valence-electron chi connectivity index (χ0n) is 9.95. The molecule has 2 atom stereocenters. The predicted octanol–water partition coefficient (Wildman–Crippen LogP) is 1.08. The number of carbonyl (C=O) groups is 1. The van der Waals surface area contributed by atoms with Crippen LogP contribution in [-0.2, 0) is 9.53 Å². The molecule has 0 aromatic heterocycles. The Morgan fingerprint density at radius 1 is 1.47 bits per heavy atom. The Bertz CT molecular complexity index is 171. The van der Waals surface area contributed by atoms with Crippen molar-refractivity contribution in [3.63, 3.8) is 0 Å². The highest BCUT2D eigenvalue weighted by Crippen LogP contribution is 1.96. The minimum Gasteiger partial charge on any atom is -0.465 e. The molecule has 2 unspecified atom stereocenters. The van der Waals surface area contributed by atoms with Gasteiger partial charge in [0, 0.05) is 6.04 Å². The van der Waals surface area contributed by atoms with E-state index in [1.54, 1.807) is 6.92 Å². The van der Waals surface area contributed by atoms with Crippen LogP contribution in [-0.4, -0.2) is 36.4 Å². The molecule has 2 N–H and O–H groups in total. The van der Waals surface area contributed by atoms with Gasteiger partial charge in [0.05, 0.1) is 19.3 Å². The highest BCUT2D eigenvalue weighted by atomic mass is 16.5. The summed E-state index contributed by atoms with van der Waals surface area (Å²) in [5.41, 5.74) is 0. The molecule has 0 aromatic carbocycles.